The fourth-order valence-corrected chi connectivity index (χ4v) is 3.29. The number of aryl methyl sites for hydroxylation is 1. The average molecular weight is 403 g/mol. The third kappa shape index (κ3) is 4.71. The van der Waals surface area contributed by atoms with Crippen LogP contribution in [0.15, 0.2) is 68.5 Å². The Hall–Kier alpha value is -2.84. The smallest absolute Gasteiger partial charge is 0.306 e. The van der Waals surface area contributed by atoms with E-state index >= 15 is 0 Å². The van der Waals surface area contributed by atoms with Crippen LogP contribution in [0.5, 0.6) is 0 Å². The lowest BCUT2D eigenvalue weighted by Crippen LogP contribution is -2.21. The molecule has 0 fully saturated rings. The summed E-state index contributed by atoms with van der Waals surface area (Å²) in [6, 6.07) is 16.2. The van der Waals surface area contributed by atoms with Crippen LogP contribution in [0.3, 0.4) is 0 Å². The highest BCUT2D eigenvalue weighted by atomic mass is 32.2. The summed E-state index contributed by atoms with van der Waals surface area (Å²) in [5.74, 6) is 1.27. The Kier molecular flexibility index (Phi) is 6.01. The molecule has 2 heterocycles. The van der Waals surface area contributed by atoms with Crippen molar-refractivity contribution in [3.63, 3.8) is 0 Å². The summed E-state index contributed by atoms with van der Waals surface area (Å²) in [6.07, 6.45) is 0.551. The average Bonchev–Trinajstić information content (AvgIpc) is 3.35. The number of benzene rings is 1. The zero-order valence-corrected chi connectivity index (χ0v) is 16.4. The molecule has 148 valence electrons. The van der Waals surface area contributed by atoms with Crippen molar-refractivity contribution in [3.05, 3.63) is 66.1 Å². The quantitative estimate of drug-likeness (QED) is 0.535. The Labute approximate surface area is 163 Å². The molecule has 3 aromatic rings. The first-order valence-electron chi connectivity index (χ1n) is 8.67. The standard InChI is InChI=1S/C20H21NO6S/c1-21(2)28(23,24)20-13-10-17(27-20)14-25-19(22)12-9-16-8-11-18(26-16)15-6-4-3-5-7-15/h3-8,10-11,13H,9,12,14H2,1-2H3. The van der Waals surface area contributed by atoms with Crippen molar-refractivity contribution in [3.8, 4) is 11.3 Å². The second kappa shape index (κ2) is 8.45. The molecule has 8 heteroatoms. The van der Waals surface area contributed by atoms with Crippen molar-refractivity contribution in [2.24, 2.45) is 0 Å². The van der Waals surface area contributed by atoms with Crippen LogP contribution in [0.25, 0.3) is 11.3 Å². The van der Waals surface area contributed by atoms with Crippen LogP contribution in [0, 0.1) is 0 Å². The first-order chi connectivity index (χ1) is 13.4. The third-order valence-electron chi connectivity index (χ3n) is 4.04. The molecule has 1 aromatic carbocycles. The maximum absolute atomic E-state index is 12.0. The number of sulfonamides is 1. The Balaban J connectivity index is 1.49. The van der Waals surface area contributed by atoms with Gasteiger partial charge in [0.15, 0.2) is 0 Å². The van der Waals surface area contributed by atoms with Gasteiger partial charge in [0.1, 0.15) is 23.9 Å². The molecule has 0 radical (unpaired) electrons. The topological polar surface area (TPSA) is 90.0 Å². The van der Waals surface area contributed by atoms with E-state index in [2.05, 4.69) is 0 Å². The number of esters is 1. The Morgan fingerprint density at radius 2 is 1.68 bits per heavy atom. The lowest BCUT2D eigenvalue weighted by Gasteiger charge is -2.07. The van der Waals surface area contributed by atoms with Crippen LogP contribution in [0.1, 0.15) is 17.9 Å². The van der Waals surface area contributed by atoms with E-state index in [9.17, 15) is 13.2 Å². The number of rotatable bonds is 8. The molecule has 0 bridgehead atoms. The second-order valence-electron chi connectivity index (χ2n) is 6.30. The van der Waals surface area contributed by atoms with Crippen LogP contribution in [0.4, 0.5) is 0 Å². The molecule has 0 spiro atoms. The molecular weight excluding hydrogens is 382 g/mol. The summed E-state index contributed by atoms with van der Waals surface area (Å²) in [4.78, 5) is 11.9. The summed E-state index contributed by atoms with van der Waals surface area (Å²) >= 11 is 0. The number of carbonyl (C=O) groups excluding carboxylic acids is 1. The molecular formula is C20H21NO6S. The van der Waals surface area contributed by atoms with E-state index in [1.165, 1.54) is 26.2 Å². The van der Waals surface area contributed by atoms with Gasteiger partial charge in [-0.3, -0.25) is 4.79 Å². The molecule has 0 aliphatic rings. The number of hydrogen-bond donors (Lipinski definition) is 0. The fourth-order valence-electron chi connectivity index (χ4n) is 2.47. The van der Waals surface area contributed by atoms with Crippen LogP contribution in [0.2, 0.25) is 0 Å². The van der Waals surface area contributed by atoms with E-state index in [0.717, 1.165) is 15.6 Å². The van der Waals surface area contributed by atoms with E-state index < -0.39 is 16.0 Å². The van der Waals surface area contributed by atoms with Crippen LogP contribution in [-0.2, 0) is 32.6 Å². The van der Waals surface area contributed by atoms with Crippen LogP contribution >= 0.6 is 0 Å². The van der Waals surface area contributed by atoms with Crippen molar-refractivity contribution in [1.29, 1.82) is 0 Å². The molecule has 0 unspecified atom stereocenters. The highest BCUT2D eigenvalue weighted by molar-refractivity contribution is 7.88. The minimum absolute atomic E-state index is 0.130. The van der Waals surface area contributed by atoms with E-state index in [0.29, 0.717) is 12.2 Å². The third-order valence-corrected chi connectivity index (χ3v) is 5.73. The summed E-state index contributed by atoms with van der Waals surface area (Å²) in [6.45, 7) is -0.130. The molecule has 2 aromatic heterocycles. The van der Waals surface area contributed by atoms with Crippen molar-refractivity contribution in [2.75, 3.05) is 14.1 Å². The van der Waals surface area contributed by atoms with Gasteiger partial charge in [0.2, 0.25) is 5.09 Å². The molecule has 0 aliphatic heterocycles. The van der Waals surface area contributed by atoms with Crippen LogP contribution in [-0.4, -0.2) is 32.8 Å². The summed E-state index contributed by atoms with van der Waals surface area (Å²) in [5, 5.41) is -0.187. The van der Waals surface area contributed by atoms with E-state index in [1.54, 1.807) is 0 Å². The van der Waals surface area contributed by atoms with Gasteiger partial charge in [0.25, 0.3) is 10.0 Å². The molecule has 7 nitrogen and oxygen atoms in total. The monoisotopic (exact) mass is 403 g/mol. The number of ether oxygens (including phenoxy) is 1. The fraction of sp³-hybridized carbons (Fsp3) is 0.250. The van der Waals surface area contributed by atoms with Gasteiger partial charge in [0, 0.05) is 26.1 Å². The molecule has 0 atom stereocenters. The predicted molar refractivity (Wildman–Crippen MR) is 102 cm³/mol. The summed E-state index contributed by atoms with van der Waals surface area (Å²) in [5.41, 5.74) is 0.970. The minimum atomic E-state index is -3.65. The number of hydrogen-bond acceptors (Lipinski definition) is 6. The van der Waals surface area contributed by atoms with E-state index in [-0.39, 0.29) is 23.9 Å². The van der Waals surface area contributed by atoms with Gasteiger partial charge in [-0.25, -0.2) is 12.7 Å². The van der Waals surface area contributed by atoms with Gasteiger partial charge in [-0.05, 0) is 24.3 Å². The van der Waals surface area contributed by atoms with Gasteiger partial charge >= 0.3 is 5.97 Å². The van der Waals surface area contributed by atoms with Crippen molar-refractivity contribution >= 4 is 16.0 Å². The zero-order valence-electron chi connectivity index (χ0n) is 15.6. The maximum atomic E-state index is 12.0. The van der Waals surface area contributed by atoms with Crippen molar-refractivity contribution in [1.82, 2.24) is 4.31 Å². The number of nitrogens with zero attached hydrogens (tertiary/aromatic N) is 1. The summed E-state index contributed by atoms with van der Waals surface area (Å²) < 4.78 is 41.1. The molecule has 28 heavy (non-hydrogen) atoms. The lowest BCUT2D eigenvalue weighted by molar-refractivity contribution is -0.145. The SMILES string of the molecule is CN(C)S(=O)(=O)c1ccc(COC(=O)CCc2ccc(-c3ccccc3)o2)o1. The largest absolute Gasteiger partial charge is 0.461 e. The molecule has 0 saturated heterocycles. The predicted octanol–water partition coefficient (Wildman–Crippen LogP) is 3.47. The zero-order chi connectivity index (χ0) is 20.1. The molecule has 0 saturated carbocycles. The molecule has 0 aliphatic carbocycles. The molecule has 0 N–H and O–H groups in total. The van der Waals surface area contributed by atoms with Gasteiger partial charge in [0.05, 0.1) is 6.42 Å². The first-order valence-corrected chi connectivity index (χ1v) is 10.1. The van der Waals surface area contributed by atoms with Gasteiger partial charge in [-0.1, -0.05) is 30.3 Å². The molecule has 3 rings (SSSR count). The number of carbonyl (C=O) groups is 1. The van der Waals surface area contributed by atoms with Crippen molar-refractivity contribution < 1.29 is 26.8 Å². The van der Waals surface area contributed by atoms with Gasteiger partial charge in [-0.15, -0.1) is 0 Å². The Bertz CT molecular complexity index is 1030. The van der Waals surface area contributed by atoms with Crippen molar-refractivity contribution in [2.45, 2.75) is 24.5 Å². The molecule has 0 amide bonds. The minimum Gasteiger partial charge on any atom is -0.461 e. The Morgan fingerprint density at radius 1 is 0.964 bits per heavy atom. The van der Waals surface area contributed by atoms with Crippen LogP contribution < -0.4 is 0 Å². The highest BCUT2D eigenvalue weighted by Crippen LogP contribution is 2.22. The summed E-state index contributed by atoms with van der Waals surface area (Å²) in [7, 11) is -0.824. The maximum Gasteiger partial charge on any atom is 0.306 e. The lowest BCUT2D eigenvalue weighted by atomic mass is 10.2. The number of furan rings is 2. The van der Waals surface area contributed by atoms with Gasteiger partial charge in [-0.2, -0.15) is 0 Å². The Morgan fingerprint density at radius 3 is 2.39 bits per heavy atom. The van der Waals surface area contributed by atoms with Gasteiger partial charge < -0.3 is 13.6 Å². The van der Waals surface area contributed by atoms with E-state index in [4.69, 9.17) is 13.6 Å². The highest BCUT2D eigenvalue weighted by Gasteiger charge is 2.21. The second-order valence-corrected chi connectivity index (χ2v) is 8.38. The van der Waals surface area contributed by atoms with E-state index in [1.807, 2.05) is 42.5 Å². The first kappa shape index (κ1) is 19.9. The normalized spacial score (nSPS) is 11.7.